The molecule has 2 bridgehead atoms. The molecule has 5 rings (SSSR count). The van der Waals surface area contributed by atoms with Gasteiger partial charge in [-0.15, -0.1) is 0 Å². The fourth-order valence-electron chi connectivity index (χ4n) is 5.40. The number of carbonyl (C=O) groups is 1. The molecule has 1 amide bonds. The minimum absolute atomic E-state index is 0.0241. The molecule has 0 radical (unpaired) electrons. The summed E-state index contributed by atoms with van der Waals surface area (Å²) in [6, 6.07) is 16.4. The third kappa shape index (κ3) is 3.29. The van der Waals surface area contributed by atoms with Crippen LogP contribution in [0, 0.1) is 0 Å². The number of aryl methyl sites for hydroxylation is 1. The molecular weight excluding hydrogens is 396 g/mol. The number of allylic oxidation sites excluding steroid dienone is 1. The van der Waals surface area contributed by atoms with E-state index in [2.05, 4.69) is 40.9 Å². The van der Waals surface area contributed by atoms with E-state index >= 15 is 0 Å². The number of nitrogens with zero attached hydrogens (tertiary/aromatic N) is 4. The lowest BCUT2D eigenvalue weighted by atomic mass is 9.81. The molecule has 0 N–H and O–H groups in total. The molecule has 0 spiro atoms. The molecule has 2 aromatic carbocycles. The van der Waals surface area contributed by atoms with Gasteiger partial charge >= 0.3 is 0 Å². The quantitative estimate of drug-likeness (QED) is 0.501. The molecule has 2 aliphatic rings. The standard InChI is InChI=1S/C27H28N4O/c1-4-9-19-16-20(14-15-23(19)28-2)27(32)31-21-12-8-13-24(31)25-22(17-21)26(30(3)29-25)18-10-6-5-7-11-18/h4-7,9-11,14-16,21,24H,2,8,12-13,17H2,1,3H3/b9-4-. The molecule has 0 aliphatic carbocycles. The highest BCUT2D eigenvalue weighted by molar-refractivity contribution is 5.96. The monoisotopic (exact) mass is 424 g/mol. The zero-order chi connectivity index (χ0) is 22.2. The van der Waals surface area contributed by atoms with E-state index in [-0.39, 0.29) is 18.0 Å². The van der Waals surface area contributed by atoms with E-state index in [0.717, 1.165) is 42.6 Å². The first-order chi connectivity index (χ1) is 15.6. The molecule has 2 atom stereocenters. The Kier molecular flexibility index (Phi) is 5.25. The maximum Gasteiger partial charge on any atom is 0.254 e. The van der Waals surface area contributed by atoms with Crippen molar-refractivity contribution in [2.24, 2.45) is 12.0 Å². The Balaban J connectivity index is 1.55. The molecule has 1 aromatic heterocycles. The number of hydrogen-bond donors (Lipinski definition) is 0. The van der Waals surface area contributed by atoms with Crippen LogP contribution < -0.4 is 0 Å². The lowest BCUT2D eigenvalue weighted by Crippen LogP contribution is -2.49. The number of aliphatic imine (C=N–C) groups is 1. The van der Waals surface area contributed by atoms with Crippen LogP contribution in [-0.2, 0) is 13.5 Å². The first-order valence-corrected chi connectivity index (χ1v) is 11.3. The number of amides is 1. The predicted molar refractivity (Wildman–Crippen MR) is 129 cm³/mol. The Hall–Kier alpha value is -3.47. The summed E-state index contributed by atoms with van der Waals surface area (Å²) in [5.74, 6) is 0.0821. The number of aromatic nitrogens is 2. The summed E-state index contributed by atoms with van der Waals surface area (Å²) in [7, 11) is 2.02. The maximum absolute atomic E-state index is 13.8. The van der Waals surface area contributed by atoms with Crippen molar-refractivity contribution in [3.05, 3.63) is 77.0 Å². The van der Waals surface area contributed by atoms with Gasteiger partial charge in [-0.05, 0) is 57.5 Å². The Morgan fingerprint density at radius 2 is 2.00 bits per heavy atom. The van der Waals surface area contributed by atoms with E-state index in [9.17, 15) is 4.79 Å². The van der Waals surface area contributed by atoms with Crippen molar-refractivity contribution in [1.29, 1.82) is 0 Å². The van der Waals surface area contributed by atoms with Gasteiger partial charge in [0.15, 0.2) is 0 Å². The largest absolute Gasteiger partial charge is 0.327 e. The first-order valence-electron chi connectivity index (χ1n) is 11.3. The zero-order valence-electron chi connectivity index (χ0n) is 18.7. The van der Waals surface area contributed by atoms with Crippen molar-refractivity contribution < 1.29 is 4.79 Å². The molecule has 5 heteroatoms. The third-order valence-corrected chi connectivity index (χ3v) is 6.75. The highest BCUT2D eigenvalue weighted by Gasteiger charge is 2.43. The van der Waals surface area contributed by atoms with Gasteiger partial charge in [-0.3, -0.25) is 14.5 Å². The van der Waals surface area contributed by atoms with Gasteiger partial charge in [0.05, 0.1) is 23.1 Å². The number of hydrogen-bond acceptors (Lipinski definition) is 3. The van der Waals surface area contributed by atoms with Crippen LogP contribution in [0.1, 0.15) is 59.4 Å². The van der Waals surface area contributed by atoms with E-state index < -0.39 is 0 Å². The van der Waals surface area contributed by atoms with Crippen LogP contribution in [0.4, 0.5) is 5.69 Å². The second kappa shape index (κ2) is 8.23. The summed E-state index contributed by atoms with van der Waals surface area (Å²) in [5, 5.41) is 4.94. The summed E-state index contributed by atoms with van der Waals surface area (Å²) in [4.78, 5) is 20.0. The van der Waals surface area contributed by atoms with Crippen molar-refractivity contribution in [2.45, 2.75) is 44.7 Å². The zero-order valence-corrected chi connectivity index (χ0v) is 18.7. The van der Waals surface area contributed by atoms with Crippen LogP contribution in [0.2, 0.25) is 0 Å². The fourth-order valence-corrected chi connectivity index (χ4v) is 5.40. The second-order valence-corrected chi connectivity index (χ2v) is 8.65. The molecule has 32 heavy (non-hydrogen) atoms. The summed E-state index contributed by atoms with van der Waals surface area (Å²) in [6.07, 6.45) is 7.88. The van der Waals surface area contributed by atoms with Crippen LogP contribution in [0.15, 0.2) is 59.6 Å². The second-order valence-electron chi connectivity index (χ2n) is 8.65. The minimum atomic E-state index is 0.0241. The lowest BCUT2D eigenvalue weighted by Gasteiger charge is -2.45. The van der Waals surface area contributed by atoms with Gasteiger partial charge in [-0.25, -0.2) is 0 Å². The molecule has 3 heterocycles. The molecule has 2 aliphatic heterocycles. The highest BCUT2D eigenvalue weighted by Crippen LogP contribution is 2.45. The van der Waals surface area contributed by atoms with Crippen molar-refractivity contribution in [1.82, 2.24) is 14.7 Å². The molecule has 1 fully saturated rings. The average molecular weight is 425 g/mol. The Morgan fingerprint density at radius 1 is 1.19 bits per heavy atom. The van der Waals surface area contributed by atoms with Crippen LogP contribution in [0.5, 0.6) is 0 Å². The average Bonchev–Trinajstić information content (AvgIpc) is 3.14. The van der Waals surface area contributed by atoms with E-state index in [0.29, 0.717) is 5.56 Å². The highest BCUT2D eigenvalue weighted by atomic mass is 16.2. The number of piperidine rings is 1. The summed E-state index contributed by atoms with van der Waals surface area (Å²) in [6.45, 7) is 5.62. The van der Waals surface area contributed by atoms with Crippen molar-refractivity contribution in [2.75, 3.05) is 0 Å². The number of fused-ring (bicyclic) bond motifs is 4. The molecule has 2 unspecified atom stereocenters. The molecule has 1 saturated heterocycles. The molecule has 0 saturated carbocycles. The van der Waals surface area contributed by atoms with Crippen LogP contribution in [0.3, 0.4) is 0 Å². The van der Waals surface area contributed by atoms with Crippen LogP contribution in [0.25, 0.3) is 17.3 Å². The Morgan fingerprint density at radius 3 is 2.75 bits per heavy atom. The molecule has 3 aromatic rings. The van der Waals surface area contributed by atoms with Crippen LogP contribution >= 0.6 is 0 Å². The van der Waals surface area contributed by atoms with Crippen molar-refractivity contribution in [3.8, 4) is 11.3 Å². The smallest absolute Gasteiger partial charge is 0.254 e. The maximum atomic E-state index is 13.8. The Labute approximate surface area is 189 Å². The molecule has 5 nitrogen and oxygen atoms in total. The topological polar surface area (TPSA) is 50.5 Å². The minimum Gasteiger partial charge on any atom is -0.327 e. The van der Waals surface area contributed by atoms with Crippen molar-refractivity contribution in [3.63, 3.8) is 0 Å². The molecule has 162 valence electrons. The van der Waals surface area contributed by atoms with E-state index in [1.165, 1.54) is 16.8 Å². The van der Waals surface area contributed by atoms with Crippen LogP contribution in [-0.4, -0.2) is 33.3 Å². The van der Waals surface area contributed by atoms with Gasteiger partial charge in [0.2, 0.25) is 0 Å². The fraction of sp³-hybridized carbons (Fsp3) is 0.296. The van der Waals surface area contributed by atoms with Crippen molar-refractivity contribution >= 4 is 24.4 Å². The number of carbonyl (C=O) groups excluding carboxylic acids is 1. The van der Waals surface area contributed by atoms with Gasteiger partial charge in [0.25, 0.3) is 5.91 Å². The van der Waals surface area contributed by atoms with E-state index in [1.54, 1.807) is 0 Å². The first kappa shape index (κ1) is 20.4. The van der Waals surface area contributed by atoms with E-state index in [4.69, 9.17) is 5.10 Å². The van der Waals surface area contributed by atoms with Gasteiger partial charge in [-0.2, -0.15) is 5.10 Å². The van der Waals surface area contributed by atoms with E-state index in [1.807, 2.05) is 55.1 Å². The van der Waals surface area contributed by atoms with Gasteiger partial charge in [0.1, 0.15) is 0 Å². The SMILES string of the molecule is C=Nc1ccc(C(=O)N2C3CCCC2c2nn(C)c(-c4ccccc4)c2C3)cc1/C=C\C. The normalized spacial score (nSPS) is 19.8. The molecular formula is C27H28N4O. The van der Waals surface area contributed by atoms with Gasteiger partial charge in [-0.1, -0.05) is 42.5 Å². The predicted octanol–water partition coefficient (Wildman–Crippen LogP) is 5.74. The van der Waals surface area contributed by atoms with Gasteiger partial charge in [0, 0.05) is 35.3 Å². The Bertz CT molecular complexity index is 1210. The number of benzene rings is 2. The number of rotatable bonds is 4. The summed E-state index contributed by atoms with van der Waals surface area (Å²) < 4.78 is 2.00. The third-order valence-electron chi connectivity index (χ3n) is 6.75. The van der Waals surface area contributed by atoms with Gasteiger partial charge < -0.3 is 4.90 Å². The summed E-state index contributed by atoms with van der Waals surface area (Å²) >= 11 is 0. The lowest BCUT2D eigenvalue weighted by molar-refractivity contribution is 0.0392. The summed E-state index contributed by atoms with van der Waals surface area (Å²) in [5.41, 5.74) is 7.14.